The number of carbonyl (C=O) groups excluding carboxylic acids is 1. The van der Waals surface area contributed by atoms with E-state index in [9.17, 15) is 13.2 Å². The third kappa shape index (κ3) is 7.01. The van der Waals surface area contributed by atoms with E-state index in [-0.39, 0.29) is 29.9 Å². The topological polar surface area (TPSA) is 66.5 Å². The largest absolute Gasteiger partial charge is 0.352 e. The van der Waals surface area contributed by atoms with Gasteiger partial charge in [-0.05, 0) is 61.9 Å². The van der Waals surface area contributed by atoms with Crippen LogP contribution in [-0.4, -0.2) is 31.2 Å². The van der Waals surface area contributed by atoms with Gasteiger partial charge in [-0.3, -0.25) is 4.79 Å². The lowest BCUT2D eigenvalue weighted by Crippen LogP contribution is -2.43. The van der Waals surface area contributed by atoms with Gasteiger partial charge in [0.05, 0.1) is 11.4 Å². The number of hydrogen-bond donors (Lipinski definition) is 1. The Kier molecular flexibility index (Phi) is 8.42. The Bertz CT molecular complexity index is 1160. The minimum atomic E-state index is -3.87. The first-order valence-electron chi connectivity index (χ1n) is 11.2. The number of rotatable bonds is 10. The number of sulfonamides is 1. The van der Waals surface area contributed by atoms with Gasteiger partial charge in [0.2, 0.25) is 15.9 Å². The second-order valence-corrected chi connectivity index (χ2v) is 10.4. The molecule has 3 aromatic carbocycles. The Morgan fingerprint density at radius 3 is 2.15 bits per heavy atom. The summed E-state index contributed by atoms with van der Waals surface area (Å²) in [6.45, 7) is 5.48. The van der Waals surface area contributed by atoms with Crippen LogP contribution in [0.2, 0.25) is 0 Å². The number of aryl methyl sites for hydroxylation is 3. The molecule has 6 heteroatoms. The maximum Gasteiger partial charge on any atom is 0.244 e. The van der Waals surface area contributed by atoms with E-state index in [2.05, 4.69) is 17.4 Å². The fourth-order valence-electron chi connectivity index (χ4n) is 3.72. The van der Waals surface area contributed by atoms with E-state index in [1.54, 1.807) is 19.1 Å². The fourth-order valence-corrected chi connectivity index (χ4v) is 5.41. The molecule has 33 heavy (non-hydrogen) atoms. The molecule has 0 unspecified atom stereocenters. The molecular formula is C27H32N2O3S. The van der Waals surface area contributed by atoms with Crippen LogP contribution in [0.25, 0.3) is 0 Å². The van der Waals surface area contributed by atoms with Crippen molar-refractivity contribution in [3.63, 3.8) is 0 Å². The molecule has 1 atom stereocenters. The maximum atomic E-state index is 13.6. The quantitative estimate of drug-likeness (QED) is 0.476. The lowest BCUT2D eigenvalue weighted by atomic mass is 10.1. The molecule has 3 aromatic rings. The SMILES string of the molecule is Cc1ccc(C)c(S(=O)(=O)N(CC(=O)N[C@@H](C)CCc2ccccc2)Cc2ccccc2)c1. The zero-order valence-corrected chi connectivity index (χ0v) is 20.3. The number of nitrogens with one attached hydrogen (secondary N) is 1. The van der Waals surface area contributed by atoms with Crippen molar-refractivity contribution in [1.29, 1.82) is 0 Å². The summed E-state index contributed by atoms with van der Waals surface area (Å²) in [5, 5.41) is 2.97. The molecule has 1 N–H and O–H groups in total. The van der Waals surface area contributed by atoms with Crippen LogP contribution >= 0.6 is 0 Å². The van der Waals surface area contributed by atoms with Gasteiger partial charge in [-0.15, -0.1) is 0 Å². The van der Waals surface area contributed by atoms with Gasteiger partial charge in [0.1, 0.15) is 0 Å². The number of hydrogen-bond acceptors (Lipinski definition) is 3. The summed E-state index contributed by atoms with van der Waals surface area (Å²) in [6.07, 6.45) is 1.62. The summed E-state index contributed by atoms with van der Waals surface area (Å²) in [5.41, 5.74) is 3.56. The second kappa shape index (κ2) is 11.3. The molecule has 0 heterocycles. The van der Waals surface area contributed by atoms with Crippen LogP contribution < -0.4 is 5.32 Å². The van der Waals surface area contributed by atoms with E-state index in [4.69, 9.17) is 0 Å². The number of amides is 1. The van der Waals surface area contributed by atoms with Gasteiger partial charge in [-0.25, -0.2) is 8.42 Å². The maximum absolute atomic E-state index is 13.6. The van der Waals surface area contributed by atoms with Crippen molar-refractivity contribution in [2.24, 2.45) is 0 Å². The minimum Gasteiger partial charge on any atom is -0.352 e. The Hall–Kier alpha value is -2.96. The van der Waals surface area contributed by atoms with Crippen molar-refractivity contribution in [3.8, 4) is 0 Å². The average Bonchev–Trinajstić information content (AvgIpc) is 2.80. The minimum absolute atomic E-state index is 0.0697. The van der Waals surface area contributed by atoms with E-state index in [0.29, 0.717) is 5.56 Å². The highest BCUT2D eigenvalue weighted by atomic mass is 32.2. The molecule has 0 saturated heterocycles. The molecule has 1 amide bonds. The van der Waals surface area contributed by atoms with Gasteiger partial charge in [-0.2, -0.15) is 4.31 Å². The predicted octanol–water partition coefficient (Wildman–Crippen LogP) is 4.63. The van der Waals surface area contributed by atoms with Crippen LogP contribution in [0.1, 0.15) is 35.6 Å². The molecule has 0 radical (unpaired) electrons. The molecule has 0 saturated carbocycles. The smallest absolute Gasteiger partial charge is 0.244 e. The van der Waals surface area contributed by atoms with Crippen molar-refractivity contribution in [2.45, 2.75) is 51.1 Å². The molecule has 0 aliphatic rings. The van der Waals surface area contributed by atoms with Gasteiger partial charge in [0.15, 0.2) is 0 Å². The average molecular weight is 465 g/mol. The number of benzene rings is 3. The van der Waals surface area contributed by atoms with Crippen molar-refractivity contribution in [3.05, 3.63) is 101 Å². The monoisotopic (exact) mass is 464 g/mol. The third-order valence-electron chi connectivity index (χ3n) is 5.60. The summed E-state index contributed by atoms with van der Waals surface area (Å²) in [5.74, 6) is -0.305. The number of carbonyl (C=O) groups is 1. The summed E-state index contributed by atoms with van der Waals surface area (Å²) in [7, 11) is -3.87. The van der Waals surface area contributed by atoms with Crippen molar-refractivity contribution in [1.82, 2.24) is 9.62 Å². The molecule has 5 nitrogen and oxygen atoms in total. The first-order chi connectivity index (χ1) is 15.8. The van der Waals surface area contributed by atoms with Gasteiger partial charge >= 0.3 is 0 Å². The summed E-state index contributed by atoms with van der Waals surface area (Å²) in [6, 6.07) is 24.7. The molecular weight excluding hydrogens is 432 g/mol. The summed E-state index contributed by atoms with van der Waals surface area (Å²) in [4.78, 5) is 13.1. The van der Waals surface area contributed by atoms with E-state index >= 15 is 0 Å². The van der Waals surface area contributed by atoms with Crippen LogP contribution in [0.3, 0.4) is 0 Å². The Balaban J connectivity index is 1.75. The Morgan fingerprint density at radius 1 is 0.909 bits per heavy atom. The predicted molar refractivity (Wildman–Crippen MR) is 132 cm³/mol. The van der Waals surface area contributed by atoms with Gasteiger partial charge in [0, 0.05) is 12.6 Å². The van der Waals surface area contributed by atoms with E-state index in [1.165, 1.54) is 9.87 Å². The second-order valence-electron chi connectivity index (χ2n) is 8.52. The first-order valence-corrected chi connectivity index (χ1v) is 12.6. The van der Waals surface area contributed by atoms with Crippen LogP contribution in [0.5, 0.6) is 0 Å². The van der Waals surface area contributed by atoms with E-state index in [1.807, 2.05) is 68.4 Å². The van der Waals surface area contributed by atoms with Crippen molar-refractivity contribution >= 4 is 15.9 Å². The van der Waals surface area contributed by atoms with Crippen molar-refractivity contribution < 1.29 is 13.2 Å². The third-order valence-corrected chi connectivity index (χ3v) is 7.53. The van der Waals surface area contributed by atoms with E-state index < -0.39 is 10.0 Å². The first kappa shape index (κ1) is 24.7. The molecule has 0 bridgehead atoms. The van der Waals surface area contributed by atoms with Gasteiger partial charge in [0.25, 0.3) is 0 Å². The molecule has 0 spiro atoms. The van der Waals surface area contributed by atoms with Crippen molar-refractivity contribution in [2.75, 3.05) is 6.54 Å². The summed E-state index contributed by atoms with van der Waals surface area (Å²) < 4.78 is 28.4. The lowest BCUT2D eigenvalue weighted by Gasteiger charge is -2.24. The fraction of sp³-hybridized carbons (Fsp3) is 0.296. The zero-order chi connectivity index (χ0) is 23.8. The van der Waals surface area contributed by atoms with Crippen LogP contribution in [0.4, 0.5) is 0 Å². The molecule has 0 aromatic heterocycles. The van der Waals surface area contributed by atoms with Crippen LogP contribution in [0.15, 0.2) is 83.8 Å². The molecule has 0 fully saturated rings. The number of nitrogens with zero attached hydrogens (tertiary/aromatic N) is 1. The van der Waals surface area contributed by atoms with E-state index in [0.717, 1.165) is 24.0 Å². The normalized spacial score (nSPS) is 12.5. The van der Waals surface area contributed by atoms with Crippen LogP contribution in [0, 0.1) is 13.8 Å². The molecule has 174 valence electrons. The van der Waals surface area contributed by atoms with Gasteiger partial charge in [-0.1, -0.05) is 72.8 Å². The zero-order valence-electron chi connectivity index (χ0n) is 19.5. The van der Waals surface area contributed by atoms with Crippen LogP contribution in [-0.2, 0) is 27.8 Å². The highest BCUT2D eigenvalue weighted by molar-refractivity contribution is 7.89. The molecule has 3 rings (SSSR count). The standard InChI is InChI=1S/C27H32N2O3S/c1-21-14-15-22(2)26(18-21)33(31,32)29(19-25-12-8-5-9-13-25)20-27(30)28-23(3)16-17-24-10-6-4-7-11-24/h4-15,18,23H,16-17,19-20H2,1-3H3,(H,28,30)/t23-/m0/s1. The summed E-state index contributed by atoms with van der Waals surface area (Å²) >= 11 is 0. The van der Waals surface area contributed by atoms with Gasteiger partial charge < -0.3 is 5.32 Å². The molecule has 0 aliphatic heterocycles. The highest BCUT2D eigenvalue weighted by Gasteiger charge is 2.28. The highest BCUT2D eigenvalue weighted by Crippen LogP contribution is 2.23. The molecule has 0 aliphatic carbocycles. The Labute approximate surface area is 197 Å². The Morgan fingerprint density at radius 2 is 1.52 bits per heavy atom. The lowest BCUT2D eigenvalue weighted by molar-refractivity contribution is -0.122.